The zero-order chi connectivity index (χ0) is 15.4. The molecule has 0 bridgehead atoms. The molecule has 0 spiro atoms. The second-order valence-corrected chi connectivity index (χ2v) is 5.90. The first-order valence-corrected chi connectivity index (χ1v) is 7.81. The van der Waals surface area contributed by atoms with Gasteiger partial charge in [-0.3, -0.25) is 4.98 Å². The van der Waals surface area contributed by atoms with Gasteiger partial charge < -0.3 is 10.4 Å². The molecule has 116 valence electrons. The van der Waals surface area contributed by atoms with Crippen LogP contribution in [0.25, 0.3) is 0 Å². The van der Waals surface area contributed by atoms with Crippen LogP contribution in [0.15, 0.2) is 48.8 Å². The maximum Gasteiger partial charge on any atom is 0.123 e. The van der Waals surface area contributed by atoms with Crippen LogP contribution in [0, 0.1) is 5.82 Å². The molecule has 1 heterocycles. The third-order valence-corrected chi connectivity index (χ3v) is 4.48. The highest BCUT2D eigenvalue weighted by atomic mass is 19.1. The molecule has 0 amide bonds. The summed E-state index contributed by atoms with van der Waals surface area (Å²) in [7, 11) is 0. The van der Waals surface area contributed by atoms with Gasteiger partial charge >= 0.3 is 0 Å². The van der Waals surface area contributed by atoms with E-state index in [9.17, 15) is 9.50 Å². The fourth-order valence-electron chi connectivity index (χ4n) is 3.28. The first kappa shape index (κ1) is 15.1. The molecule has 3 atom stereocenters. The summed E-state index contributed by atoms with van der Waals surface area (Å²) in [6.45, 7) is 0.520. The van der Waals surface area contributed by atoms with E-state index in [4.69, 9.17) is 0 Å². The highest BCUT2D eigenvalue weighted by Crippen LogP contribution is 2.34. The van der Waals surface area contributed by atoms with E-state index >= 15 is 0 Å². The number of pyridine rings is 1. The Kier molecular flexibility index (Phi) is 4.80. The number of aliphatic hydroxyl groups is 1. The largest absolute Gasteiger partial charge is 0.387 e. The lowest BCUT2D eigenvalue weighted by Gasteiger charge is -2.23. The van der Waals surface area contributed by atoms with Crippen molar-refractivity contribution in [3.63, 3.8) is 0 Å². The van der Waals surface area contributed by atoms with Gasteiger partial charge in [-0.25, -0.2) is 4.39 Å². The molecule has 22 heavy (non-hydrogen) atoms. The van der Waals surface area contributed by atoms with Crippen molar-refractivity contribution < 1.29 is 9.50 Å². The molecule has 0 saturated heterocycles. The Morgan fingerprint density at radius 2 is 1.86 bits per heavy atom. The predicted octanol–water partition coefficient (Wildman–Crippen LogP) is 3.18. The van der Waals surface area contributed by atoms with Crippen molar-refractivity contribution >= 4 is 0 Å². The zero-order valence-electron chi connectivity index (χ0n) is 12.5. The normalized spacial score (nSPS) is 22.6. The van der Waals surface area contributed by atoms with Gasteiger partial charge in [-0.2, -0.15) is 0 Å². The van der Waals surface area contributed by atoms with Crippen LogP contribution < -0.4 is 5.32 Å². The number of nitrogens with zero attached hydrogens (tertiary/aromatic N) is 1. The second kappa shape index (κ2) is 6.99. The Labute approximate surface area is 130 Å². The van der Waals surface area contributed by atoms with E-state index in [-0.39, 0.29) is 5.82 Å². The van der Waals surface area contributed by atoms with Crippen molar-refractivity contribution in [1.29, 1.82) is 0 Å². The molecule has 4 heteroatoms. The molecule has 1 saturated carbocycles. The van der Waals surface area contributed by atoms with Crippen LogP contribution >= 0.6 is 0 Å². The van der Waals surface area contributed by atoms with Crippen LogP contribution in [0.4, 0.5) is 4.39 Å². The van der Waals surface area contributed by atoms with Gasteiger partial charge in [0.25, 0.3) is 0 Å². The molecular weight excluding hydrogens is 279 g/mol. The molecule has 0 aliphatic heterocycles. The van der Waals surface area contributed by atoms with E-state index in [1.54, 1.807) is 12.4 Å². The number of nitrogens with one attached hydrogen (secondary N) is 1. The standard InChI is InChI=1S/C18H21FN2O/c19-15-6-4-13(5-7-15)16-2-1-3-17(16)21-12-18(22)14-8-10-20-11-9-14/h4-11,16-18,21-22H,1-3,12H2. The van der Waals surface area contributed by atoms with Gasteiger partial charge in [0.2, 0.25) is 0 Å². The summed E-state index contributed by atoms with van der Waals surface area (Å²) in [5.74, 6) is 0.199. The number of aliphatic hydroxyl groups excluding tert-OH is 1. The molecule has 1 aromatic carbocycles. The van der Waals surface area contributed by atoms with Gasteiger partial charge in [0.05, 0.1) is 6.10 Å². The average Bonchev–Trinajstić information content (AvgIpc) is 3.02. The van der Waals surface area contributed by atoms with E-state index in [0.717, 1.165) is 24.8 Å². The van der Waals surface area contributed by atoms with E-state index in [2.05, 4.69) is 10.3 Å². The maximum absolute atomic E-state index is 13.1. The van der Waals surface area contributed by atoms with Gasteiger partial charge in [0.1, 0.15) is 5.82 Å². The predicted molar refractivity (Wildman–Crippen MR) is 84.0 cm³/mol. The van der Waals surface area contributed by atoms with Crippen LogP contribution in [0.1, 0.15) is 42.4 Å². The first-order chi connectivity index (χ1) is 10.7. The molecule has 2 N–H and O–H groups in total. The Morgan fingerprint density at radius 1 is 1.14 bits per heavy atom. The maximum atomic E-state index is 13.1. The molecule has 0 radical (unpaired) electrons. The lowest BCUT2D eigenvalue weighted by atomic mass is 9.94. The molecule has 1 aromatic heterocycles. The molecule has 3 rings (SSSR count). The minimum absolute atomic E-state index is 0.195. The summed E-state index contributed by atoms with van der Waals surface area (Å²) < 4.78 is 13.1. The van der Waals surface area contributed by atoms with Crippen molar-refractivity contribution in [2.75, 3.05) is 6.54 Å². The fourth-order valence-corrected chi connectivity index (χ4v) is 3.28. The summed E-state index contributed by atoms with van der Waals surface area (Å²) in [4.78, 5) is 3.96. The minimum Gasteiger partial charge on any atom is -0.387 e. The molecule has 2 aromatic rings. The van der Waals surface area contributed by atoms with Gasteiger partial charge in [-0.05, 0) is 54.2 Å². The molecule has 1 aliphatic rings. The van der Waals surface area contributed by atoms with Crippen molar-refractivity contribution in [1.82, 2.24) is 10.3 Å². The monoisotopic (exact) mass is 300 g/mol. The third-order valence-electron chi connectivity index (χ3n) is 4.48. The van der Waals surface area contributed by atoms with Crippen LogP contribution in [-0.2, 0) is 0 Å². The summed E-state index contributed by atoms with van der Waals surface area (Å²) >= 11 is 0. The lowest BCUT2D eigenvalue weighted by molar-refractivity contribution is 0.168. The van der Waals surface area contributed by atoms with Crippen LogP contribution in [-0.4, -0.2) is 22.7 Å². The minimum atomic E-state index is -0.530. The van der Waals surface area contributed by atoms with Crippen molar-refractivity contribution in [3.05, 3.63) is 65.7 Å². The topological polar surface area (TPSA) is 45.1 Å². The third kappa shape index (κ3) is 3.51. The van der Waals surface area contributed by atoms with Crippen molar-refractivity contribution in [2.24, 2.45) is 0 Å². The lowest BCUT2D eigenvalue weighted by Crippen LogP contribution is -2.34. The van der Waals surface area contributed by atoms with Crippen LogP contribution in [0.2, 0.25) is 0 Å². The van der Waals surface area contributed by atoms with Crippen molar-refractivity contribution in [2.45, 2.75) is 37.3 Å². The summed E-state index contributed by atoms with van der Waals surface area (Å²) in [5.41, 5.74) is 2.05. The molecule has 1 fully saturated rings. The van der Waals surface area contributed by atoms with Gasteiger partial charge in [-0.15, -0.1) is 0 Å². The highest BCUT2D eigenvalue weighted by Gasteiger charge is 2.28. The number of rotatable bonds is 5. The molecule has 3 nitrogen and oxygen atoms in total. The van der Waals surface area contributed by atoms with E-state index in [1.165, 1.54) is 17.7 Å². The number of halogens is 1. The average molecular weight is 300 g/mol. The number of hydrogen-bond acceptors (Lipinski definition) is 3. The Bertz CT molecular complexity index is 588. The fraction of sp³-hybridized carbons (Fsp3) is 0.389. The first-order valence-electron chi connectivity index (χ1n) is 7.81. The van der Waals surface area contributed by atoms with Gasteiger partial charge in [0, 0.05) is 25.0 Å². The highest BCUT2D eigenvalue weighted by molar-refractivity contribution is 5.23. The van der Waals surface area contributed by atoms with Crippen LogP contribution in [0.5, 0.6) is 0 Å². The van der Waals surface area contributed by atoms with Gasteiger partial charge in [0.15, 0.2) is 0 Å². The Balaban J connectivity index is 1.61. The molecule has 1 aliphatic carbocycles. The number of benzene rings is 1. The smallest absolute Gasteiger partial charge is 0.123 e. The summed E-state index contributed by atoms with van der Waals surface area (Å²) in [6.07, 6.45) is 6.20. The number of hydrogen-bond donors (Lipinski definition) is 2. The van der Waals surface area contributed by atoms with E-state index < -0.39 is 6.10 Å². The van der Waals surface area contributed by atoms with Crippen molar-refractivity contribution in [3.8, 4) is 0 Å². The summed E-state index contributed by atoms with van der Waals surface area (Å²) in [5, 5.41) is 13.7. The van der Waals surface area contributed by atoms with E-state index in [1.807, 2.05) is 24.3 Å². The Morgan fingerprint density at radius 3 is 2.59 bits per heavy atom. The zero-order valence-corrected chi connectivity index (χ0v) is 12.5. The quantitative estimate of drug-likeness (QED) is 0.891. The van der Waals surface area contributed by atoms with Gasteiger partial charge in [-0.1, -0.05) is 18.6 Å². The molecular formula is C18H21FN2O. The molecule has 3 unspecified atom stereocenters. The summed E-state index contributed by atoms with van der Waals surface area (Å²) in [6, 6.07) is 10.8. The SMILES string of the molecule is OC(CNC1CCCC1c1ccc(F)cc1)c1ccncc1. The number of aromatic nitrogens is 1. The van der Waals surface area contributed by atoms with Crippen LogP contribution in [0.3, 0.4) is 0 Å². The second-order valence-electron chi connectivity index (χ2n) is 5.90. The Hall–Kier alpha value is -1.78. The van der Waals surface area contributed by atoms with E-state index in [0.29, 0.717) is 18.5 Å².